The van der Waals surface area contributed by atoms with E-state index in [9.17, 15) is 4.79 Å². The molecular formula is C21H34NO3+. The van der Waals surface area contributed by atoms with Crippen LogP contribution in [-0.2, 0) is 14.3 Å². The van der Waals surface area contributed by atoms with Crippen molar-refractivity contribution >= 4 is 5.97 Å². The average Bonchev–Trinajstić information content (AvgIpc) is 2.79. The van der Waals surface area contributed by atoms with E-state index >= 15 is 0 Å². The van der Waals surface area contributed by atoms with Gasteiger partial charge in [0.2, 0.25) is 0 Å². The predicted molar refractivity (Wildman–Crippen MR) is 96.3 cm³/mol. The Hall–Kier alpha value is -0.870. The van der Waals surface area contributed by atoms with Crippen molar-refractivity contribution in [1.29, 1.82) is 0 Å². The highest BCUT2D eigenvalue weighted by molar-refractivity contribution is 5.75. The van der Waals surface area contributed by atoms with Gasteiger partial charge in [0.1, 0.15) is 37.3 Å². The van der Waals surface area contributed by atoms with Crippen molar-refractivity contribution in [1.82, 2.24) is 0 Å². The van der Waals surface area contributed by atoms with E-state index in [1.165, 1.54) is 29.7 Å². The molecule has 0 radical (unpaired) electrons. The molecule has 0 bridgehead atoms. The highest BCUT2D eigenvalue weighted by Crippen LogP contribution is 2.56. The Balaban J connectivity index is 1.49. The molecule has 0 spiro atoms. The minimum Gasteiger partial charge on any atom is -0.462 e. The van der Waals surface area contributed by atoms with Crippen LogP contribution in [0.3, 0.4) is 0 Å². The average molecular weight is 349 g/mol. The van der Waals surface area contributed by atoms with Crippen molar-refractivity contribution in [2.75, 3.05) is 19.6 Å². The van der Waals surface area contributed by atoms with Gasteiger partial charge in [-0.2, -0.15) is 0 Å². The summed E-state index contributed by atoms with van der Waals surface area (Å²) in [7, 11) is 0. The minimum absolute atomic E-state index is 0.0576. The van der Waals surface area contributed by atoms with E-state index in [1.54, 1.807) is 0 Å². The number of quaternary nitrogens is 1. The number of fused-ring (bicyclic) bond motifs is 2. The quantitative estimate of drug-likeness (QED) is 0.613. The smallest absolute Gasteiger partial charge is 0.315 e. The summed E-state index contributed by atoms with van der Waals surface area (Å²) in [6, 6.07) is 0. The number of carbonyl (C=O) groups excluding carboxylic acids is 1. The van der Waals surface area contributed by atoms with Crippen LogP contribution in [0.4, 0.5) is 0 Å². The Bertz CT molecular complexity index is 551. The molecular weight excluding hydrogens is 314 g/mol. The Labute approximate surface area is 151 Å². The molecule has 4 fully saturated rings. The first-order chi connectivity index (χ1) is 11.9. The Morgan fingerprint density at radius 1 is 1.28 bits per heavy atom. The molecule has 0 aromatic heterocycles. The number of nitrogens with one attached hydrogen (secondary N) is 1. The highest BCUT2D eigenvalue weighted by Gasteiger charge is 2.56. The van der Waals surface area contributed by atoms with Crippen LogP contribution in [0.2, 0.25) is 0 Å². The summed E-state index contributed by atoms with van der Waals surface area (Å²) in [5.41, 5.74) is 1.71. The number of hydrogen-bond donors (Lipinski definition) is 1. The van der Waals surface area contributed by atoms with E-state index in [4.69, 9.17) is 9.47 Å². The molecule has 140 valence electrons. The topological polar surface area (TPSA) is 40.0 Å². The molecule has 4 heteroatoms. The molecule has 0 aromatic carbocycles. The number of rotatable bonds is 2. The Kier molecular flexibility index (Phi) is 4.48. The molecule has 2 heterocycles. The molecule has 0 amide bonds. The van der Waals surface area contributed by atoms with Gasteiger partial charge in [-0.3, -0.25) is 4.79 Å². The van der Waals surface area contributed by atoms with Crippen LogP contribution in [0.25, 0.3) is 0 Å². The normalized spacial score (nSPS) is 50.1. The van der Waals surface area contributed by atoms with Gasteiger partial charge in [0.15, 0.2) is 0 Å². The Morgan fingerprint density at radius 2 is 2.00 bits per heavy atom. The van der Waals surface area contributed by atoms with Crippen LogP contribution in [0.1, 0.15) is 52.9 Å². The Morgan fingerprint density at radius 3 is 2.72 bits per heavy atom. The lowest BCUT2D eigenvalue weighted by Crippen LogP contribution is -3.16. The van der Waals surface area contributed by atoms with E-state index in [1.807, 2.05) is 0 Å². The maximum absolute atomic E-state index is 12.7. The van der Waals surface area contributed by atoms with Gasteiger partial charge >= 0.3 is 5.97 Å². The second-order valence-electron chi connectivity index (χ2n) is 9.52. The third kappa shape index (κ3) is 3.16. The lowest BCUT2D eigenvalue weighted by molar-refractivity contribution is -0.917. The van der Waals surface area contributed by atoms with Crippen molar-refractivity contribution in [3.8, 4) is 0 Å². The maximum Gasteiger partial charge on any atom is 0.315 e. The van der Waals surface area contributed by atoms with E-state index in [0.717, 1.165) is 32.5 Å². The second-order valence-corrected chi connectivity index (χ2v) is 9.52. The molecule has 2 aliphatic heterocycles. The summed E-state index contributed by atoms with van der Waals surface area (Å²) < 4.78 is 11.8. The number of ether oxygens (including phenoxy) is 2. The first kappa shape index (κ1) is 17.5. The molecule has 4 rings (SSSR count). The van der Waals surface area contributed by atoms with Gasteiger partial charge in [0.25, 0.3) is 0 Å². The fourth-order valence-electron chi connectivity index (χ4n) is 6.36. The largest absolute Gasteiger partial charge is 0.462 e. The summed E-state index contributed by atoms with van der Waals surface area (Å²) in [4.78, 5) is 14.2. The highest BCUT2D eigenvalue weighted by atomic mass is 16.6. The van der Waals surface area contributed by atoms with Gasteiger partial charge in [-0.15, -0.1) is 0 Å². The van der Waals surface area contributed by atoms with Gasteiger partial charge < -0.3 is 14.4 Å². The first-order valence-corrected chi connectivity index (χ1v) is 10.2. The number of carbonyl (C=O) groups is 1. The fourth-order valence-corrected chi connectivity index (χ4v) is 6.36. The van der Waals surface area contributed by atoms with Gasteiger partial charge in [-0.1, -0.05) is 19.1 Å². The molecule has 2 aliphatic carbocycles. The van der Waals surface area contributed by atoms with Crippen LogP contribution in [0.15, 0.2) is 12.2 Å². The van der Waals surface area contributed by atoms with Crippen molar-refractivity contribution < 1.29 is 19.2 Å². The molecule has 4 nitrogen and oxygen atoms in total. The number of allylic oxidation sites excluding steroid dienone is 1. The van der Waals surface area contributed by atoms with Crippen LogP contribution in [-0.4, -0.2) is 43.9 Å². The molecule has 2 saturated heterocycles. The number of hydrogen-bond acceptors (Lipinski definition) is 3. The monoisotopic (exact) mass is 348 g/mol. The molecule has 0 aromatic rings. The van der Waals surface area contributed by atoms with Crippen LogP contribution in [0.5, 0.6) is 0 Å². The zero-order chi connectivity index (χ0) is 17.8. The van der Waals surface area contributed by atoms with Crippen molar-refractivity contribution in [2.24, 2.45) is 23.2 Å². The summed E-state index contributed by atoms with van der Waals surface area (Å²) >= 11 is 0. The van der Waals surface area contributed by atoms with E-state index in [0.29, 0.717) is 17.3 Å². The van der Waals surface area contributed by atoms with Gasteiger partial charge in [-0.25, -0.2) is 0 Å². The zero-order valence-electron chi connectivity index (χ0n) is 16.1. The zero-order valence-corrected chi connectivity index (χ0v) is 16.1. The molecule has 4 aliphatic rings. The van der Waals surface area contributed by atoms with Gasteiger partial charge in [0.05, 0.1) is 6.54 Å². The third-order valence-electron chi connectivity index (χ3n) is 7.45. The lowest BCUT2D eigenvalue weighted by Gasteiger charge is -2.50. The van der Waals surface area contributed by atoms with E-state index < -0.39 is 0 Å². The van der Waals surface area contributed by atoms with E-state index in [-0.39, 0.29) is 30.2 Å². The summed E-state index contributed by atoms with van der Waals surface area (Å²) in [6.07, 6.45) is 6.50. The first-order valence-electron chi connectivity index (χ1n) is 10.2. The third-order valence-corrected chi connectivity index (χ3v) is 7.45. The molecule has 25 heavy (non-hydrogen) atoms. The number of morpholine rings is 1. The standard InChI is InChI=1S/C21H33NO3/c1-13-6-5-7-21(4)9-19-16(8-18(13)21)17(20(23)25-19)12-22-10-14(2)24-15(3)11-22/h14-19H,1,5-12H2,2-4H3/p+1/t14-,15+,16-,17-,18+,19-,21-/m1/s1. The van der Waals surface area contributed by atoms with E-state index in [2.05, 4.69) is 27.4 Å². The van der Waals surface area contributed by atoms with Gasteiger partial charge in [0, 0.05) is 5.92 Å². The van der Waals surface area contributed by atoms with Crippen molar-refractivity contribution in [2.45, 2.75) is 71.2 Å². The number of esters is 1. The minimum atomic E-state index is 0.0576. The van der Waals surface area contributed by atoms with Crippen LogP contribution < -0.4 is 4.90 Å². The molecule has 2 saturated carbocycles. The van der Waals surface area contributed by atoms with Gasteiger partial charge in [-0.05, 0) is 57.3 Å². The SMILES string of the molecule is C=C1CCC[C@]2(C)C[C@H]3OC(=O)[C@H](C[NH+]4C[C@@H](C)O[C@@H](C)C4)[C@H]3C[C@@H]12. The predicted octanol–water partition coefficient (Wildman–Crippen LogP) is 1.99. The van der Waals surface area contributed by atoms with Crippen LogP contribution >= 0.6 is 0 Å². The summed E-state index contributed by atoms with van der Waals surface area (Å²) in [5.74, 6) is 1.09. The van der Waals surface area contributed by atoms with Crippen LogP contribution in [0, 0.1) is 23.2 Å². The fraction of sp³-hybridized carbons (Fsp3) is 0.857. The summed E-state index contributed by atoms with van der Waals surface area (Å²) in [6.45, 7) is 14.0. The van der Waals surface area contributed by atoms with Crippen molar-refractivity contribution in [3.63, 3.8) is 0 Å². The molecule has 8 atom stereocenters. The second kappa shape index (κ2) is 6.38. The molecule has 1 unspecified atom stereocenters. The molecule has 1 N–H and O–H groups in total. The lowest BCUT2D eigenvalue weighted by atomic mass is 9.55. The maximum atomic E-state index is 12.7. The summed E-state index contributed by atoms with van der Waals surface area (Å²) in [5, 5.41) is 0. The van der Waals surface area contributed by atoms with Crippen molar-refractivity contribution in [3.05, 3.63) is 12.2 Å².